The first kappa shape index (κ1) is 39.6. The molecule has 0 spiro atoms. The Morgan fingerprint density at radius 3 is 2.42 bits per heavy atom. The molecule has 53 heavy (non-hydrogen) atoms. The van der Waals surface area contributed by atoms with Crippen LogP contribution in [-0.2, 0) is 38.4 Å². The van der Waals surface area contributed by atoms with Crippen LogP contribution in [0.2, 0.25) is 0 Å². The number of pyridine rings is 1. The lowest BCUT2D eigenvalue weighted by molar-refractivity contribution is -0.152. The highest BCUT2D eigenvalue weighted by Gasteiger charge is 2.40. The highest BCUT2D eigenvalue weighted by Crippen LogP contribution is 2.33. The number of imidazole rings is 1. The predicted octanol–water partition coefficient (Wildman–Crippen LogP) is 4.10. The van der Waals surface area contributed by atoms with Gasteiger partial charge in [0.25, 0.3) is 11.8 Å². The zero-order valence-corrected chi connectivity index (χ0v) is 30.8. The zero-order chi connectivity index (χ0) is 37.6. The SMILES string of the molecule is CC(=O)N(C(=O)[C@H](Cc1cnc[nH]1)NC(=O)[C@H](Cc1ccccc1)OC(=O)N1CCC(N)CC1)C(C[C@@H](O)CCCc1ccccn1)C1CCCCC1. The largest absolute Gasteiger partial charge is 0.436 e. The van der Waals surface area contributed by atoms with E-state index in [4.69, 9.17) is 10.5 Å². The van der Waals surface area contributed by atoms with Gasteiger partial charge in [0.2, 0.25) is 5.91 Å². The number of carbonyl (C=O) groups is 4. The molecule has 286 valence electrons. The standard InChI is InChI=1S/C40H55N7O6/c1-28(48)47(36(30-13-6-3-7-14-30)25-34(49)17-10-16-32-15-8-9-20-43-32)39(51)35(24-33-26-42-27-44-33)45-38(50)37(23-29-11-4-2-5-12-29)53-40(52)46-21-18-31(41)19-22-46/h2,4-5,8-9,11-12,15,20,26-27,30-31,34-37,49H,3,6-7,10,13-14,16-19,21-25,41H2,1H3,(H,42,44)(H,45,50)/t34-,35-,36?,37-/m0/s1. The average molecular weight is 730 g/mol. The van der Waals surface area contributed by atoms with Gasteiger partial charge in [-0.3, -0.25) is 24.3 Å². The smallest absolute Gasteiger partial charge is 0.410 e. The van der Waals surface area contributed by atoms with Gasteiger partial charge in [-0.25, -0.2) is 9.78 Å². The number of rotatable bonds is 16. The lowest BCUT2D eigenvalue weighted by Gasteiger charge is -2.40. The minimum atomic E-state index is -1.25. The molecular formula is C40H55N7O6. The molecule has 13 heteroatoms. The van der Waals surface area contributed by atoms with Crippen molar-refractivity contribution in [3.8, 4) is 0 Å². The van der Waals surface area contributed by atoms with Crippen molar-refractivity contribution in [2.24, 2.45) is 11.7 Å². The number of nitrogens with zero attached hydrogens (tertiary/aromatic N) is 4. The van der Waals surface area contributed by atoms with E-state index in [-0.39, 0.29) is 31.2 Å². The zero-order valence-electron chi connectivity index (χ0n) is 30.8. The Morgan fingerprint density at radius 1 is 1.02 bits per heavy atom. The van der Waals surface area contributed by atoms with Crippen molar-refractivity contribution in [1.82, 2.24) is 30.1 Å². The van der Waals surface area contributed by atoms with E-state index in [0.717, 1.165) is 43.4 Å². The maximum atomic E-state index is 14.7. The number of aliphatic hydroxyl groups is 1. The molecule has 3 heterocycles. The summed E-state index contributed by atoms with van der Waals surface area (Å²) in [5, 5.41) is 14.2. The third-order valence-corrected chi connectivity index (χ3v) is 10.5. The molecule has 1 saturated heterocycles. The van der Waals surface area contributed by atoms with Crippen LogP contribution in [0.15, 0.2) is 67.3 Å². The number of aliphatic hydroxyl groups excluding tert-OH is 1. The summed E-state index contributed by atoms with van der Waals surface area (Å²) in [7, 11) is 0. The van der Waals surface area contributed by atoms with E-state index in [9.17, 15) is 24.3 Å². The monoisotopic (exact) mass is 729 g/mol. The fourth-order valence-corrected chi connectivity index (χ4v) is 7.58. The molecule has 2 fully saturated rings. The minimum Gasteiger partial charge on any atom is -0.436 e. The first-order chi connectivity index (χ1) is 25.7. The van der Waals surface area contributed by atoms with Crippen molar-refractivity contribution in [1.29, 1.82) is 0 Å². The van der Waals surface area contributed by atoms with E-state index in [1.165, 1.54) is 18.2 Å². The van der Waals surface area contributed by atoms with Gasteiger partial charge in [-0.2, -0.15) is 0 Å². The summed E-state index contributed by atoms with van der Waals surface area (Å²) in [5.41, 5.74) is 8.34. The van der Waals surface area contributed by atoms with Gasteiger partial charge in [-0.15, -0.1) is 0 Å². The second-order valence-corrected chi connectivity index (χ2v) is 14.5. The molecule has 5 N–H and O–H groups in total. The van der Waals surface area contributed by atoms with Crippen molar-refractivity contribution in [2.45, 2.75) is 121 Å². The van der Waals surface area contributed by atoms with E-state index >= 15 is 0 Å². The molecule has 1 aliphatic heterocycles. The summed E-state index contributed by atoms with van der Waals surface area (Å²) in [6.07, 6.45) is 10.4. The van der Waals surface area contributed by atoms with Crippen LogP contribution in [0.1, 0.15) is 88.1 Å². The van der Waals surface area contributed by atoms with Crippen molar-refractivity contribution in [3.05, 3.63) is 84.2 Å². The number of piperidine rings is 1. The van der Waals surface area contributed by atoms with Crippen molar-refractivity contribution in [2.75, 3.05) is 13.1 Å². The quantitative estimate of drug-likeness (QED) is 0.169. The summed E-state index contributed by atoms with van der Waals surface area (Å²) < 4.78 is 5.86. The van der Waals surface area contributed by atoms with Crippen LogP contribution in [0.4, 0.5) is 4.79 Å². The first-order valence-electron chi connectivity index (χ1n) is 19.1. The number of carbonyl (C=O) groups excluding carboxylic acids is 4. The van der Waals surface area contributed by atoms with E-state index in [1.807, 2.05) is 48.5 Å². The van der Waals surface area contributed by atoms with Gasteiger partial charge in [-0.05, 0) is 75.0 Å². The molecule has 1 unspecified atom stereocenters. The number of aromatic amines is 1. The number of aromatic nitrogens is 3. The Kier molecular flexibility index (Phi) is 14.9. The molecule has 0 bridgehead atoms. The van der Waals surface area contributed by atoms with Crippen LogP contribution in [0.3, 0.4) is 0 Å². The number of nitrogens with two attached hydrogens (primary N) is 1. The van der Waals surface area contributed by atoms with Crippen LogP contribution in [0.25, 0.3) is 0 Å². The van der Waals surface area contributed by atoms with E-state index < -0.39 is 48.1 Å². The topological polar surface area (TPSA) is 184 Å². The number of nitrogens with one attached hydrogen (secondary N) is 2. The van der Waals surface area contributed by atoms with Gasteiger partial charge in [0.15, 0.2) is 6.10 Å². The lowest BCUT2D eigenvalue weighted by Crippen LogP contribution is -2.58. The molecule has 3 aromatic rings. The predicted molar refractivity (Wildman–Crippen MR) is 199 cm³/mol. The molecule has 5 rings (SSSR count). The number of amides is 4. The third-order valence-electron chi connectivity index (χ3n) is 10.5. The molecular weight excluding hydrogens is 674 g/mol. The van der Waals surface area contributed by atoms with E-state index in [0.29, 0.717) is 50.9 Å². The minimum absolute atomic E-state index is 0.00563. The molecule has 13 nitrogen and oxygen atoms in total. The number of likely N-dealkylation sites (tertiary alicyclic amines) is 1. The Morgan fingerprint density at radius 2 is 1.75 bits per heavy atom. The number of aryl methyl sites for hydroxylation is 1. The summed E-state index contributed by atoms with van der Waals surface area (Å²) in [6, 6.07) is 13.2. The molecule has 2 aliphatic rings. The highest BCUT2D eigenvalue weighted by atomic mass is 16.6. The Hall–Kier alpha value is -4.62. The second kappa shape index (κ2) is 20.0. The highest BCUT2D eigenvalue weighted by molar-refractivity contribution is 5.99. The van der Waals surface area contributed by atoms with Crippen LogP contribution >= 0.6 is 0 Å². The fourth-order valence-electron chi connectivity index (χ4n) is 7.58. The maximum Gasteiger partial charge on any atom is 0.410 e. The molecule has 0 radical (unpaired) electrons. The maximum absolute atomic E-state index is 14.7. The molecule has 2 aromatic heterocycles. The molecule has 4 amide bonds. The Balaban J connectivity index is 1.37. The van der Waals surface area contributed by atoms with Gasteiger partial charge >= 0.3 is 6.09 Å². The van der Waals surface area contributed by atoms with Crippen LogP contribution in [0.5, 0.6) is 0 Å². The van der Waals surface area contributed by atoms with Gasteiger partial charge in [0.05, 0.1) is 12.4 Å². The molecule has 1 aliphatic carbocycles. The van der Waals surface area contributed by atoms with Crippen LogP contribution in [0, 0.1) is 5.92 Å². The summed E-state index contributed by atoms with van der Waals surface area (Å²) in [6.45, 7) is 2.21. The van der Waals surface area contributed by atoms with Gasteiger partial charge < -0.3 is 30.8 Å². The van der Waals surface area contributed by atoms with Crippen LogP contribution < -0.4 is 11.1 Å². The normalized spacial score (nSPS) is 17.7. The van der Waals surface area contributed by atoms with Gasteiger partial charge in [0, 0.05) is 68.7 Å². The van der Waals surface area contributed by atoms with Crippen LogP contribution in [-0.4, -0.2) is 97.1 Å². The van der Waals surface area contributed by atoms with Gasteiger partial charge in [-0.1, -0.05) is 55.7 Å². The Labute approximate surface area is 312 Å². The van der Waals surface area contributed by atoms with Gasteiger partial charge in [0.1, 0.15) is 6.04 Å². The molecule has 4 atom stereocenters. The summed E-state index contributed by atoms with van der Waals surface area (Å²) in [4.78, 5) is 70.1. The van der Waals surface area contributed by atoms with Crippen molar-refractivity contribution >= 4 is 23.8 Å². The van der Waals surface area contributed by atoms with Crippen molar-refractivity contribution < 1.29 is 29.0 Å². The first-order valence-corrected chi connectivity index (χ1v) is 19.1. The summed E-state index contributed by atoms with van der Waals surface area (Å²) >= 11 is 0. The van der Waals surface area contributed by atoms with Crippen molar-refractivity contribution in [3.63, 3.8) is 0 Å². The number of hydrogen-bond donors (Lipinski definition) is 4. The lowest BCUT2D eigenvalue weighted by atomic mass is 9.80. The molecule has 1 saturated carbocycles. The third kappa shape index (κ3) is 11.9. The number of hydrogen-bond acceptors (Lipinski definition) is 9. The van der Waals surface area contributed by atoms with E-state index in [1.54, 1.807) is 17.3 Å². The number of ether oxygens (including phenoxy) is 1. The summed E-state index contributed by atoms with van der Waals surface area (Å²) in [5.74, 6) is -1.67. The number of benzene rings is 1. The molecule has 1 aromatic carbocycles. The Bertz CT molecular complexity index is 1580. The second-order valence-electron chi connectivity index (χ2n) is 14.5. The number of imide groups is 1. The average Bonchev–Trinajstić information content (AvgIpc) is 3.68. The van der Waals surface area contributed by atoms with E-state index in [2.05, 4.69) is 20.3 Å². The fraction of sp³-hybridized carbons (Fsp3) is 0.550. The number of H-pyrrole nitrogens is 1.